The Kier molecular flexibility index (Phi) is 6.41. The van der Waals surface area contributed by atoms with E-state index in [-0.39, 0.29) is 23.6 Å². The lowest BCUT2D eigenvalue weighted by molar-refractivity contribution is -0.131. The summed E-state index contributed by atoms with van der Waals surface area (Å²) in [7, 11) is 0. The maximum Gasteiger partial charge on any atom is 0.253 e. The van der Waals surface area contributed by atoms with Crippen LogP contribution in [0.5, 0.6) is 5.75 Å². The second kappa shape index (κ2) is 9.99. The van der Waals surface area contributed by atoms with Crippen LogP contribution in [0.2, 0.25) is 0 Å². The molecule has 0 spiro atoms. The number of ether oxygens (including phenoxy) is 1. The van der Waals surface area contributed by atoms with Gasteiger partial charge in [-0.25, -0.2) is 9.99 Å². The number of nitrogens with zero attached hydrogens (tertiary/aromatic N) is 3. The van der Waals surface area contributed by atoms with Crippen LogP contribution < -0.4 is 4.74 Å². The molecule has 2 aliphatic rings. The Bertz CT molecular complexity index is 1420. The van der Waals surface area contributed by atoms with Gasteiger partial charge in [0.1, 0.15) is 23.3 Å². The number of hydrogen-bond acceptors (Lipinski definition) is 8. The van der Waals surface area contributed by atoms with E-state index in [1.807, 2.05) is 55.5 Å². The van der Waals surface area contributed by atoms with Crippen LogP contribution in [0, 0.1) is 5.92 Å². The molecular weight excluding hydrogens is 494 g/mol. The van der Waals surface area contributed by atoms with Gasteiger partial charge in [0.15, 0.2) is 4.34 Å². The molecule has 4 aromatic rings. The second-order valence-electron chi connectivity index (χ2n) is 8.70. The highest BCUT2D eigenvalue weighted by Crippen LogP contribution is 2.45. The van der Waals surface area contributed by atoms with E-state index in [0.29, 0.717) is 6.61 Å². The molecule has 1 saturated carbocycles. The van der Waals surface area contributed by atoms with Crippen molar-refractivity contribution in [3.05, 3.63) is 72.1 Å². The van der Waals surface area contributed by atoms with Crippen molar-refractivity contribution in [2.45, 2.75) is 36.6 Å². The lowest BCUT2D eigenvalue weighted by Gasteiger charge is -2.27. The van der Waals surface area contributed by atoms with E-state index >= 15 is 0 Å². The number of aromatic nitrogens is 1. The number of carbonyl (C=O) groups excluding carboxylic acids is 1. The standard InChI is InChI=1S/C27H25N3O4S2/c1-2-32-19-10-11-21-23(15-19)36-27(28-21)35-16-24(31)30-26(22-9-5-13-34-22)20-8-3-6-17(25(20)29-30)14-18-7-4-12-33-18/h4-5,7,9-15,20,26H,2-3,6,8,16H2,1H3. The van der Waals surface area contributed by atoms with Gasteiger partial charge < -0.3 is 13.6 Å². The number of thioether (sulfide) groups is 1. The van der Waals surface area contributed by atoms with Gasteiger partial charge in [-0.15, -0.1) is 11.3 Å². The summed E-state index contributed by atoms with van der Waals surface area (Å²) in [6, 6.07) is 13.3. The fourth-order valence-electron chi connectivity index (χ4n) is 4.88. The van der Waals surface area contributed by atoms with Crippen molar-refractivity contribution >= 4 is 51.0 Å². The Balaban J connectivity index is 1.25. The number of rotatable bonds is 7. The second-order valence-corrected chi connectivity index (χ2v) is 11.0. The van der Waals surface area contributed by atoms with Gasteiger partial charge in [0.05, 0.1) is 40.8 Å². The molecule has 7 nitrogen and oxygen atoms in total. The van der Waals surface area contributed by atoms with Crippen molar-refractivity contribution < 1.29 is 18.4 Å². The molecule has 36 heavy (non-hydrogen) atoms. The minimum Gasteiger partial charge on any atom is -0.494 e. The summed E-state index contributed by atoms with van der Waals surface area (Å²) in [5.41, 5.74) is 2.99. The van der Waals surface area contributed by atoms with E-state index in [9.17, 15) is 4.79 Å². The first kappa shape index (κ1) is 23.1. The SMILES string of the molecule is CCOc1ccc2nc(SCC(=O)N3N=C4C(=Cc5ccco5)CCCC4C3c3ccco3)sc2c1. The average molecular weight is 520 g/mol. The number of fused-ring (bicyclic) bond motifs is 2. The lowest BCUT2D eigenvalue weighted by atomic mass is 9.79. The first-order valence-corrected chi connectivity index (χ1v) is 13.8. The van der Waals surface area contributed by atoms with Gasteiger partial charge in [-0.1, -0.05) is 11.8 Å². The van der Waals surface area contributed by atoms with E-state index in [1.54, 1.807) is 28.9 Å². The molecule has 0 bridgehead atoms. The zero-order valence-electron chi connectivity index (χ0n) is 19.8. The Morgan fingerprint density at radius 1 is 1.25 bits per heavy atom. The lowest BCUT2D eigenvalue weighted by Crippen LogP contribution is -2.32. The predicted molar refractivity (Wildman–Crippen MR) is 141 cm³/mol. The molecule has 0 saturated heterocycles. The van der Waals surface area contributed by atoms with Gasteiger partial charge in [0.25, 0.3) is 5.91 Å². The Morgan fingerprint density at radius 2 is 2.14 bits per heavy atom. The number of furan rings is 2. The molecule has 1 aliphatic heterocycles. The molecule has 1 aliphatic carbocycles. The maximum atomic E-state index is 13.5. The molecule has 2 atom stereocenters. The van der Waals surface area contributed by atoms with Crippen molar-refractivity contribution in [3.8, 4) is 5.75 Å². The van der Waals surface area contributed by atoms with Gasteiger partial charge in [0, 0.05) is 5.92 Å². The number of carbonyl (C=O) groups is 1. The van der Waals surface area contributed by atoms with Crippen LogP contribution in [0.15, 0.2) is 78.8 Å². The first-order valence-electron chi connectivity index (χ1n) is 12.0. The van der Waals surface area contributed by atoms with E-state index in [1.165, 1.54) is 11.8 Å². The van der Waals surface area contributed by atoms with Crippen LogP contribution in [0.1, 0.15) is 43.7 Å². The largest absolute Gasteiger partial charge is 0.494 e. The van der Waals surface area contributed by atoms with E-state index in [2.05, 4.69) is 4.98 Å². The topological polar surface area (TPSA) is 81.1 Å². The predicted octanol–water partition coefficient (Wildman–Crippen LogP) is 6.80. The zero-order valence-corrected chi connectivity index (χ0v) is 21.4. The molecule has 1 fully saturated rings. The quantitative estimate of drug-likeness (QED) is 0.250. The third-order valence-corrected chi connectivity index (χ3v) is 8.57. The van der Waals surface area contributed by atoms with Gasteiger partial charge in [-0.3, -0.25) is 4.79 Å². The van der Waals surface area contributed by atoms with Crippen LogP contribution in [0.3, 0.4) is 0 Å². The summed E-state index contributed by atoms with van der Waals surface area (Å²) in [6.07, 6.45) is 8.26. The van der Waals surface area contributed by atoms with Crippen LogP contribution in [-0.4, -0.2) is 34.0 Å². The third-order valence-electron chi connectivity index (χ3n) is 6.42. The number of allylic oxidation sites excluding steroid dienone is 1. The molecule has 4 heterocycles. The third kappa shape index (κ3) is 4.49. The smallest absolute Gasteiger partial charge is 0.253 e. The molecule has 0 radical (unpaired) electrons. The summed E-state index contributed by atoms with van der Waals surface area (Å²) in [6.45, 7) is 2.59. The van der Waals surface area contributed by atoms with Crippen molar-refractivity contribution in [3.63, 3.8) is 0 Å². The number of amides is 1. The minimum absolute atomic E-state index is 0.0603. The number of thiazole rings is 1. The van der Waals surface area contributed by atoms with Crippen LogP contribution in [0.25, 0.3) is 16.3 Å². The highest BCUT2D eigenvalue weighted by molar-refractivity contribution is 8.01. The molecule has 1 aromatic carbocycles. The van der Waals surface area contributed by atoms with E-state index in [4.69, 9.17) is 18.7 Å². The summed E-state index contributed by atoms with van der Waals surface area (Å²) in [5.74, 6) is 2.67. The Hall–Kier alpha value is -3.30. The molecule has 1 amide bonds. The van der Waals surface area contributed by atoms with E-state index < -0.39 is 0 Å². The van der Waals surface area contributed by atoms with Crippen LogP contribution in [0.4, 0.5) is 0 Å². The highest BCUT2D eigenvalue weighted by atomic mass is 32.2. The van der Waals surface area contributed by atoms with Crippen molar-refractivity contribution in [1.82, 2.24) is 9.99 Å². The summed E-state index contributed by atoms with van der Waals surface area (Å²) in [5, 5.41) is 6.51. The Labute approximate surface area is 216 Å². The summed E-state index contributed by atoms with van der Waals surface area (Å²) >= 11 is 3.01. The monoisotopic (exact) mass is 519 g/mol. The van der Waals surface area contributed by atoms with Crippen molar-refractivity contribution in [2.24, 2.45) is 11.0 Å². The molecule has 2 unspecified atom stereocenters. The van der Waals surface area contributed by atoms with E-state index in [0.717, 1.165) is 62.4 Å². The van der Waals surface area contributed by atoms with Crippen molar-refractivity contribution in [1.29, 1.82) is 0 Å². The maximum absolute atomic E-state index is 13.5. The molecule has 3 aromatic heterocycles. The molecule has 9 heteroatoms. The van der Waals surface area contributed by atoms with Gasteiger partial charge in [-0.2, -0.15) is 5.10 Å². The number of benzene rings is 1. The van der Waals surface area contributed by atoms with Crippen molar-refractivity contribution in [2.75, 3.05) is 12.4 Å². The zero-order chi connectivity index (χ0) is 24.5. The molecule has 184 valence electrons. The van der Waals surface area contributed by atoms with Gasteiger partial charge in [0.2, 0.25) is 0 Å². The molecule has 6 rings (SSSR count). The fraction of sp³-hybridized carbons (Fsp3) is 0.296. The van der Waals surface area contributed by atoms with Gasteiger partial charge in [-0.05, 0) is 80.3 Å². The van der Waals surface area contributed by atoms with Crippen LogP contribution in [-0.2, 0) is 4.79 Å². The number of hydrazone groups is 1. The van der Waals surface area contributed by atoms with Gasteiger partial charge >= 0.3 is 0 Å². The van der Waals surface area contributed by atoms with Crippen LogP contribution >= 0.6 is 23.1 Å². The fourth-order valence-corrected chi connectivity index (χ4v) is 6.83. The Morgan fingerprint density at radius 3 is 2.94 bits per heavy atom. The highest BCUT2D eigenvalue weighted by Gasteiger charge is 2.45. The average Bonchev–Trinajstić information content (AvgIpc) is 3.68. The summed E-state index contributed by atoms with van der Waals surface area (Å²) < 4.78 is 18.8. The molecular formula is C27H25N3O4S2. The first-order chi connectivity index (χ1) is 17.7. The minimum atomic E-state index is -0.243. The summed E-state index contributed by atoms with van der Waals surface area (Å²) in [4.78, 5) is 18.2. The number of hydrogen-bond donors (Lipinski definition) is 0. The molecule has 0 N–H and O–H groups in total. The normalized spacial score (nSPS) is 20.6.